The van der Waals surface area contributed by atoms with Crippen molar-refractivity contribution in [2.24, 2.45) is 0 Å². The molecule has 0 aliphatic carbocycles. The van der Waals surface area contributed by atoms with E-state index in [2.05, 4.69) is 22.5 Å². The Morgan fingerprint density at radius 3 is 3.00 bits per heavy atom. The first-order valence-electron chi connectivity index (χ1n) is 7.69. The maximum absolute atomic E-state index is 12.6. The highest BCUT2D eigenvalue weighted by atomic mass is 32.1. The SMILES string of the molecule is Cc1cc(C(=O)NC2CCNC(C)C2)c(C)n1-c1nccs1. The van der Waals surface area contributed by atoms with Crippen molar-refractivity contribution in [1.82, 2.24) is 20.2 Å². The molecule has 0 radical (unpaired) electrons. The Morgan fingerprint density at radius 2 is 2.32 bits per heavy atom. The first kappa shape index (κ1) is 15.2. The summed E-state index contributed by atoms with van der Waals surface area (Å²) < 4.78 is 2.05. The van der Waals surface area contributed by atoms with Crippen LogP contribution in [-0.4, -0.2) is 34.1 Å². The summed E-state index contributed by atoms with van der Waals surface area (Å²) in [5.41, 5.74) is 2.74. The Kier molecular flexibility index (Phi) is 4.31. The summed E-state index contributed by atoms with van der Waals surface area (Å²) in [5.74, 6) is 0.0232. The fourth-order valence-electron chi connectivity index (χ4n) is 3.14. The van der Waals surface area contributed by atoms with Crippen LogP contribution in [0, 0.1) is 13.8 Å². The molecule has 22 heavy (non-hydrogen) atoms. The lowest BCUT2D eigenvalue weighted by Crippen LogP contribution is -2.46. The molecule has 2 unspecified atom stereocenters. The lowest BCUT2D eigenvalue weighted by Gasteiger charge is -2.28. The number of amides is 1. The average Bonchev–Trinajstić information content (AvgIpc) is 3.07. The molecule has 3 heterocycles. The summed E-state index contributed by atoms with van der Waals surface area (Å²) in [4.78, 5) is 17.0. The maximum Gasteiger partial charge on any atom is 0.253 e. The number of aryl methyl sites for hydroxylation is 1. The molecule has 0 spiro atoms. The number of nitrogens with zero attached hydrogens (tertiary/aromatic N) is 2. The van der Waals surface area contributed by atoms with Crippen LogP contribution < -0.4 is 10.6 Å². The second kappa shape index (κ2) is 6.22. The molecule has 1 fully saturated rings. The van der Waals surface area contributed by atoms with Gasteiger partial charge in [-0.25, -0.2) is 4.98 Å². The van der Waals surface area contributed by atoms with Gasteiger partial charge in [-0.15, -0.1) is 11.3 Å². The van der Waals surface area contributed by atoms with E-state index in [0.29, 0.717) is 6.04 Å². The van der Waals surface area contributed by atoms with Gasteiger partial charge in [-0.05, 0) is 46.2 Å². The van der Waals surface area contributed by atoms with Crippen molar-refractivity contribution in [2.45, 2.75) is 45.7 Å². The number of aromatic nitrogens is 2. The van der Waals surface area contributed by atoms with E-state index >= 15 is 0 Å². The Labute approximate surface area is 134 Å². The molecule has 2 N–H and O–H groups in total. The van der Waals surface area contributed by atoms with Gasteiger partial charge in [-0.2, -0.15) is 0 Å². The second-order valence-electron chi connectivity index (χ2n) is 5.98. The van der Waals surface area contributed by atoms with Crippen LogP contribution in [0.15, 0.2) is 17.6 Å². The Bertz CT molecular complexity index is 662. The normalized spacial score (nSPS) is 21.8. The summed E-state index contributed by atoms with van der Waals surface area (Å²) >= 11 is 1.58. The molecule has 2 aromatic heterocycles. The van der Waals surface area contributed by atoms with Gasteiger partial charge >= 0.3 is 0 Å². The van der Waals surface area contributed by atoms with Crippen molar-refractivity contribution in [3.63, 3.8) is 0 Å². The predicted molar refractivity (Wildman–Crippen MR) is 88.9 cm³/mol. The van der Waals surface area contributed by atoms with Gasteiger partial charge in [0.05, 0.1) is 5.56 Å². The van der Waals surface area contributed by atoms with Gasteiger partial charge in [-0.3, -0.25) is 9.36 Å². The molecule has 1 saturated heterocycles. The Balaban J connectivity index is 1.80. The van der Waals surface area contributed by atoms with Crippen LogP contribution in [0.2, 0.25) is 0 Å². The molecular weight excluding hydrogens is 296 g/mol. The van der Waals surface area contributed by atoms with E-state index in [1.165, 1.54) is 0 Å². The van der Waals surface area contributed by atoms with Gasteiger partial charge in [0.15, 0.2) is 5.13 Å². The number of piperidine rings is 1. The van der Waals surface area contributed by atoms with Crippen molar-refractivity contribution in [3.8, 4) is 5.13 Å². The molecule has 1 aliphatic heterocycles. The smallest absolute Gasteiger partial charge is 0.253 e. The Morgan fingerprint density at radius 1 is 1.50 bits per heavy atom. The second-order valence-corrected chi connectivity index (χ2v) is 6.86. The van der Waals surface area contributed by atoms with Crippen LogP contribution in [0.5, 0.6) is 0 Å². The minimum absolute atomic E-state index is 0.0232. The highest BCUT2D eigenvalue weighted by Crippen LogP contribution is 2.22. The molecule has 1 aliphatic rings. The third kappa shape index (κ3) is 2.94. The third-order valence-electron chi connectivity index (χ3n) is 4.25. The van der Waals surface area contributed by atoms with Crippen LogP contribution in [-0.2, 0) is 0 Å². The summed E-state index contributed by atoms with van der Waals surface area (Å²) in [6.45, 7) is 7.11. The maximum atomic E-state index is 12.6. The first-order chi connectivity index (χ1) is 10.6. The number of nitrogens with one attached hydrogen (secondary N) is 2. The largest absolute Gasteiger partial charge is 0.349 e. The minimum Gasteiger partial charge on any atom is -0.349 e. The van der Waals surface area contributed by atoms with Gasteiger partial charge in [0.1, 0.15) is 0 Å². The van der Waals surface area contributed by atoms with E-state index in [9.17, 15) is 4.79 Å². The van der Waals surface area contributed by atoms with Gasteiger partial charge in [0.25, 0.3) is 5.91 Å². The topological polar surface area (TPSA) is 59.0 Å². The molecule has 3 rings (SSSR count). The van der Waals surface area contributed by atoms with Gasteiger partial charge < -0.3 is 10.6 Å². The fourth-order valence-corrected chi connectivity index (χ4v) is 3.89. The van der Waals surface area contributed by atoms with E-state index in [4.69, 9.17) is 0 Å². The zero-order valence-electron chi connectivity index (χ0n) is 13.2. The number of carbonyl (C=O) groups excluding carboxylic acids is 1. The number of hydrogen-bond acceptors (Lipinski definition) is 4. The first-order valence-corrected chi connectivity index (χ1v) is 8.57. The molecule has 2 aromatic rings. The molecular formula is C16H22N4OS. The highest BCUT2D eigenvalue weighted by molar-refractivity contribution is 7.12. The van der Waals surface area contributed by atoms with E-state index in [1.54, 1.807) is 17.5 Å². The molecule has 118 valence electrons. The summed E-state index contributed by atoms with van der Waals surface area (Å²) in [7, 11) is 0. The van der Waals surface area contributed by atoms with Gasteiger partial charge in [-0.1, -0.05) is 0 Å². The van der Waals surface area contributed by atoms with Crippen molar-refractivity contribution >= 4 is 17.2 Å². The zero-order chi connectivity index (χ0) is 15.7. The molecule has 1 amide bonds. The minimum atomic E-state index is 0.0232. The fraction of sp³-hybridized carbons (Fsp3) is 0.500. The summed E-state index contributed by atoms with van der Waals surface area (Å²) in [6.07, 6.45) is 3.76. The summed E-state index contributed by atoms with van der Waals surface area (Å²) in [6, 6.07) is 2.67. The van der Waals surface area contributed by atoms with Crippen molar-refractivity contribution < 1.29 is 4.79 Å². The quantitative estimate of drug-likeness (QED) is 0.914. The molecule has 0 saturated carbocycles. The van der Waals surface area contributed by atoms with Crippen LogP contribution >= 0.6 is 11.3 Å². The van der Waals surface area contributed by atoms with E-state index in [1.807, 2.05) is 29.9 Å². The van der Waals surface area contributed by atoms with Crippen molar-refractivity contribution in [3.05, 3.63) is 34.6 Å². The van der Waals surface area contributed by atoms with E-state index in [0.717, 1.165) is 41.5 Å². The van der Waals surface area contributed by atoms with Crippen molar-refractivity contribution in [2.75, 3.05) is 6.54 Å². The standard InChI is InChI=1S/C16H22N4OS/c1-10-8-13(4-5-17-10)19-15(21)14-9-11(2)20(12(14)3)16-18-6-7-22-16/h6-7,9-10,13,17H,4-5,8H2,1-3H3,(H,19,21). The highest BCUT2D eigenvalue weighted by Gasteiger charge is 2.23. The monoisotopic (exact) mass is 318 g/mol. The Hall–Kier alpha value is -1.66. The number of rotatable bonds is 3. The lowest BCUT2D eigenvalue weighted by atomic mass is 10.0. The molecule has 6 heteroatoms. The number of thiazole rings is 1. The predicted octanol–water partition coefficient (Wildman–Crippen LogP) is 2.42. The number of hydrogen-bond donors (Lipinski definition) is 2. The number of carbonyl (C=O) groups is 1. The van der Waals surface area contributed by atoms with Crippen molar-refractivity contribution in [1.29, 1.82) is 0 Å². The summed E-state index contributed by atoms with van der Waals surface area (Å²) in [5, 5.41) is 9.44. The van der Waals surface area contributed by atoms with E-state index in [-0.39, 0.29) is 11.9 Å². The van der Waals surface area contributed by atoms with Gasteiger partial charge in [0, 0.05) is 35.0 Å². The zero-order valence-corrected chi connectivity index (χ0v) is 14.0. The third-order valence-corrected chi connectivity index (χ3v) is 5.00. The molecule has 2 atom stereocenters. The van der Waals surface area contributed by atoms with Gasteiger partial charge in [0.2, 0.25) is 0 Å². The lowest BCUT2D eigenvalue weighted by molar-refractivity contribution is 0.0925. The van der Waals surface area contributed by atoms with Crippen LogP contribution in [0.3, 0.4) is 0 Å². The van der Waals surface area contributed by atoms with Crippen LogP contribution in [0.25, 0.3) is 5.13 Å². The van der Waals surface area contributed by atoms with E-state index < -0.39 is 0 Å². The average molecular weight is 318 g/mol. The van der Waals surface area contributed by atoms with Crippen LogP contribution in [0.4, 0.5) is 0 Å². The van der Waals surface area contributed by atoms with Crippen LogP contribution in [0.1, 0.15) is 41.5 Å². The molecule has 5 nitrogen and oxygen atoms in total. The molecule has 0 bridgehead atoms. The molecule has 0 aromatic carbocycles.